The number of nitrogens with one attached hydrogen (secondary N) is 1. The highest BCUT2D eigenvalue weighted by Gasteiger charge is 2.28. The molecule has 0 spiro atoms. The molecule has 2 fully saturated rings. The number of rotatable bonds is 6. The summed E-state index contributed by atoms with van der Waals surface area (Å²) < 4.78 is 5.79. The van der Waals surface area contributed by atoms with Gasteiger partial charge in [0.1, 0.15) is 17.3 Å². The Morgan fingerprint density at radius 1 is 1.08 bits per heavy atom. The first kappa shape index (κ1) is 17.3. The molecule has 0 bridgehead atoms. The van der Waals surface area contributed by atoms with Crippen LogP contribution in [0.1, 0.15) is 44.1 Å². The van der Waals surface area contributed by atoms with Crippen LogP contribution in [0.3, 0.4) is 0 Å². The minimum absolute atomic E-state index is 0.412. The molecule has 1 N–H and O–H groups in total. The lowest BCUT2D eigenvalue weighted by atomic mass is 10.1. The largest absolute Gasteiger partial charge is 0.465 e. The van der Waals surface area contributed by atoms with Crippen molar-refractivity contribution in [1.82, 2.24) is 14.9 Å². The van der Waals surface area contributed by atoms with Crippen LogP contribution in [0.5, 0.6) is 0 Å². The number of anilines is 2. The predicted octanol–water partition coefficient (Wildman–Crippen LogP) is 3.31. The Morgan fingerprint density at radius 3 is 2.58 bits per heavy atom. The molecular weight excluding hydrogens is 326 g/mol. The third-order valence-corrected chi connectivity index (χ3v) is 5.31. The standard InChI is InChI=1S/C20H29N5O/c1-2-17-7-8-18(26-17)15-24-13-16(14-24)22-20-21-10-9-19(23-20)25-11-5-3-4-6-12-25/h7-10,16H,2-6,11-15H2,1H3,(H,21,22,23). The second-order valence-electron chi connectivity index (χ2n) is 7.40. The van der Waals surface area contributed by atoms with E-state index in [2.05, 4.69) is 39.2 Å². The molecule has 0 amide bonds. The highest BCUT2D eigenvalue weighted by Crippen LogP contribution is 2.20. The Morgan fingerprint density at radius 2 is 1.85 bits per heavy atom. The van der Waals surface area contributed by atoms with Gasteiger partial charge >= 0.3 is 0 Å². The van der Waals surface area contributed by atoms with E-state index in [1.807, 2.05) is 12.3 Å². The number of hydrogen-bond donors (Lipinski definition) is 1. The normalized spacial score (nSPS) is 19.2. The molecule has 2 aliphatic heterocycles. The molecule has 0 aromatic carbocycles. The summed E-state index contributed by atoms with van der Waals surface area (Å²) >= 11 is 0. The molecule has 0 atom stereocenters. The Bertz CT molecular complexity index is 702. The van der Waals surface area contributed by atoms with Gasteiger partial charge in [0, 0.05) is 38.8 Å². The summed E-state index contributed by atoms with van der Waals surface area (Å²) in [6.45, 7) is 7.21. The maximum absolute atomic E-state index is 5.79. The van der Waals surface area contributed by atoms with Crippen LogP contribution in [0.25, 0.3) is 0 Å². The van der Waals surface area contributed by atoms with E-state index in [1.165, 1.54) is 25.7 Å². The second kappa shape index (κ2) is 8.08. The van der Waals surface area contributed by atoms with Gasteiger partial charge in [0.2, 0.25) is 5.95 Å². The van der Waals surface area contributed by atoms with Crippen LogP contribution in [0.15, 0.2) is 28.8 Å². The van der Waals surface area contributed by atoms with Crippen molar-refractivity contribution < 1.29 is 4.42 Å². The summed E-state index contributed by atoms with van der Waals surface area (Å²) in [7, 11) is 0. The Labute approximate surface area is 155 Å². The molecule has 0 saturated carbocycles. The monoisotopic (exact) mass is 355 g/mol. The van der Waals surface area contributed by atoms with Gasteiger partial charge in [-0.25, -0.2) is 4.98 Å². The van der Waals surface area contributed by atoms with E-state index >= 15 is 0 Å². The molecule has 0 unspecified atom stereocenters. The van der Waals surface area contributed by atoms with Crippen molar-refractivity contribution >= 4 is 11.8 Å². The summed E-state index contributed by atoms with van der Waals surface area (Å²) in [6, 6.07) is 6.61. The van der Waals surface area contributed by atoms with Crippen molar-refractivity contribution in [3.63, 3.8) is 0 Å². The molecule has 0 aliphatic carbocycles. The molecule has 2 aromatic rings. The minimum atomic E-state index is 0.412. The number of aryl methyl sites for hydroxylation is 1. The molecule has 6 nitrogen and oxygen atoms in total. The Balaban J connectivity index is 1.28. The lowest BCUT2D eigenvalue weighted by Gasteiger charge is -2.39. The third kappa shape index (κ3) is 4.18. The number of likely N-dealkylation sites (tertiary alicyclic amines) is 1. The molecule has 4 heterocycles. The summed E-state index contributed by atoms with van der Waals surface area (Å²) in [5.41, 5.74) is 0. The van der Waals surface area contributed by atoms with Crippen LogP contribution in [0.2, 0.25) is 0 Å². The fourth-order valence-corrected chi connectivity index (χ4v) is 3.79. The first-order chi connectivity index (χ1) is 12.8. The van der Waals surface area contributed by atoms with Crippen LogP contribution in [0.4, 0.5) is 11.8 Å². The third-order valence-electron chi connectivity index (χ3n) is 5.31. The van der Waals surface area contributed by atoms with Gasteiger partial charge in [-0.3, -0.25) is 4.90 Å². The van der Waals surface area contributed by atoms with E-state index in [-0.39, 0.29) is 0 Å². The van der Waals surface area contributed by atoms with Gasteiger partial charge in [0.15, 0.2) is 0 Å². The van der Waals surface area contributed by atoms with Crippen molar-refractivity contribution in [3.05, 3.63) is 35.9 Å². The van der Waals surface area contributed by atoms with Crippen LogP contribution in [-0.4, -0.2) is 47.1 Å². The van der Waals surface area contributed by atoms with Gasteiger partial charge in [-0.15, -0.1) is 0 Å². The highest BCUT2D eigenvalue weighted by atomic mass is 16.3. The van der Waals surface area contributed by atoms with Crippen molar-refractivity contribution in [2.45, 2.75) is 51.6 Å². The van der Waals surface area contributed by atoms with Crippen LogP contribution in [-0.2, 0) is 13.0 Å². The summed E-state index contributed by atoms with van der Waals surface area (Å²) in [5, 5.41) is 3.48. The first-order valence-electron chi connectivity index (χ1n) is 9.94. The van der Waals surface area contributed by atoms with E-state index in [0.29, 0.717) is 6.04 Å². The van der Waals surface area contributed by atoms with Crippen molar-refractivity contribution in [2.24, 2.45) is 0 Å². The Kier molecular flexibility index (Phi) is 5.39. The van der Waals surface area contributed by atoms with E-state index in [4.69, 9.17) is 9.40 Å². The van der Waals surface area contributed by atoms with E-state index in [9.17, 15) is 0 Å². The summed E-state index contributed by atoms with van der Waals surface area (Å²) in [6.07, 6.45) is 8.02. The van der Waals surface area contributed by atoms with Gasteiger partial charge in [-0.2, -0.15) is 4.98 Å². The molecule has 26 heavy (non-hydrogen) atoms. The number of nitrogens with zero attached hydrogens (tertiary/aromatic N) is 4. The van der Waals surface area contributed by atoms with Crippen molar-refractivity contribution in [3.8, 4) is 0 Å². The lowest BCUT2D eigenvalue weighted by molar-refractivity contribution is 0.140. The van der Waals surface area contributed by atoms with Gasteiger partial charge < -0.3 is 14.6 Å². The Hall–Kier alpha value is -2.08. The maximum atomic E-state index is 5.79. The van der Waals surface area contributed by atoms with Crippen molar-refractivity contribution in [1.29, 1.82) is 0 Å². The number of furan rings is 1. The SMILES string of the molecule is CCc1ccc(CN2CC(Nc3nccc(N4CCCCCC4)n3)C2)o1. The first-order valence-corrected chi connectivity index (χ1v) is 9.94. The van der Waals surface area contributed by atoms with Gasteiger partial charge in [-0.05, 0) is 31.0 Å². The number of aromatic nitrogens is 2. The van der Waals surface area contributed by atoms with Crippen molar-refractivity contribution in [2.75, 3.05) is 36.4 Å². The molecule has 4 rings (SSSR count). The zero-order chi connectivity index (χ0) is 17.8. The molecule has 2 saturated heterocycles. The molecular formula is C20H29N5O. The molecule has 140 valence electrons. The quantitative estimate of drug-likeness (QED) is 0.858. The van der Waals surface area contributed by atoms with E-state index in [0.717, 1.165) is 62.4 Å². The molecule has 6 heteroatoms. The fourth-order valence-electron chi connectivity index (χ4n) is 3.79. The lowest BCUT2D eigenvalue weighted by Crippen LogP contribution is -2.54. The zero-order valence-corrected chi connectivity index (χ0v) is 15.7. The van der Waals surface area contributed by atoms with Gasteiger partial charge in [0.05, 0.1) is 12.6 Å². The summed E-state index contributed by atoms with van der Waals surface area (Å²) in [4.78, 5) is 13.9. The van der Waals surface area contributed by atoms with Crippen LogP contribution < -0.4 is 10.2 Å². The zero-order valence-electron chi connectivity index (χ0n) is 15.7. The maximum Gasteiger partial charge on any atom is 0.224 e. The number of hydrogen-bond acceptors (Lipinski definition) is 6. The van der Waals surface area contributed by atoms with Gasteiger partial charge in [0.25, 0.3) is 0 Å². The molecule has 0 radical (unpaired) electrons. The van der Waals surface area contributed by atoms with Gasteiger partial charge in [-0.1, -0.05) is 19.8 Å². The van der Waals surface area contributed by atoms with Crippen LogP contribution in [0, 0.1) is 0 Å². The summed E-state index contributed by atoms with van der Waals surface area (Å²) in [5.74, 6) is 3.93. The fraction of sp³-hybridized carbons (Fsp3) is 0.600. The van der Waals surface area contributed by atoms with E-state index < -0.39 is 0 Å². The van der Waals surface area contributed by atoms with E-state index in [1.54, 1.807) is 0 Å². The molecule has 2 aliphatic rings. The predicted molar refractivity (Wildman–Crippen MR) is 103 cm³/mol. The topological polar surface area (TPSA) is 57.4 Å². The average Bonchev–Trinajstić information content (AvgIpc) is 2.91. The average molecular weight is 355 g/mol. The minimum Gasteiger partial charge on any atom is -0.465 e. The second-order valence-corrected chi connectivity index (χ2v) is 7.40. The molecule has 2 aromatic heterocycles. The smallest absolute Gasteiger partial charge is 0.224 e. The highest BCUT2D eigenvalue weighted by molar-refractivity contribution is 5.43. The van der Waals surface area contributed by atoms with Crippen LogP contribution >= 0.6 is 0 Å².